The minimum Gasteiger partial charge on any atom is -0.375 e. The van der Waals surface area contributed by atoms with Crippen molar-refractivity contribution in [3.63, 3.8) is 0 Å². The lowest BCUT2D eigenvalue weighted by Gasteiger charge is -2.22. The largest absolute Gasteiger partial charge is 0.375 e. The summed E-state index contributed by atoms with van der Waals surface area (Å²) >= 11 is 3.49. The second-order valence-electron chi connectivity index (χ2n) is 5.21. The van der Waals surface area contributed by atoms with Crippen LogP contribution in [0.3, 0.4) is 0 Å². The average molecular weight is 333 g/mol. The van der Waals surface area contributed by atoms with E-state index >= 15 is 0 Å². The van der Waals surface area contributed by atoms with Gasteiger partial charge in [0.15, 0.2) is 0 Å². The highest BCUT2D eigenvalue weighted by molar-refractivity contribution is 9.10. The highest BCUT2D eigenvalue weighted by atomic mass is 79.9. The maximum absolute atomic E-state index is 6.27. The van der Waals surface area contributed by atoms with Gasteiger partial charge in [0.25, 0.3) is 0 Å². The fourth-order valence-electron chi connectivity index (χ4n) is 2.23. The Labute approximate surface area is 129 Å². The first-order valence-corrected chi connectivity index (χ1v) is 7.64. The van der Waals surface area contributed by atoms with Crippen LogP contribution in [0.2, 0.25) is 0 Å². The van der Waals surface area contributed by atoms with Crippen LogP contribution in [0.4, 0.5) is 5.69 Å². The van der Waals surface area contributed by atoms with Gasteiger partial charge in [0.2, 0.25) is 0 Å². The van der Waals surface area contributed by atoms with Crippen molar-refractivity contribution in [3.05, 3.63) is 64.1 Å². The Hall–Kier alpha value is -1.32. The Morgan fingerprint density at radius 1 is 1.15 bits per heavy atom. The first kappa shape index (κ1) is 15.1. The minimum absolute atomic E-state index is 0.0692. The maximum atomic E-state index is 6.27. The summed E-state index contributed by atoms with van der Waals surface area (Å²) in [7, 11) is 2.11. The van der Waals surface area contributed by atoms with E-state index in [1.165, 1.54) is 16.8 Å². The molecule has 2 aromatic rings. The summed E-state index contributed by atoms with van der Waals surface area (Å²) in [5, 5.41) is 0. The highest BCUT2D eigenvalue weighted by Crippen LogP contribution is 2.20. The number of benzene rings is 2. The quantitative estimate of drug-likeness (QED) is 0.885. The minimum atomic E-state index is 0.0692. The van der Waals surface area contributed by atoms with Gasteiger partial charge in [-0.05, 0) is 48.7 Å². The van der Waals surface area contributed by atoms with Crippen molar-refractivity contribution in [1.29, 1.82) is 0 Å². The molecular weight excluding hydrogens is 312 g/mol. The van der Waals surface area contributed by atoms with Crippen molar-refractivity contribution < 1.29 is 0 Å². The Morgan fingerprint density at radius 2 is 1.90 bits per heavy atom. The van der Waals surface area contributed by atoms with Crippen molar-refractivity contribution >= 4 is 21.6 Å². The van der Waals surface area contributed by atoms with Gasteiger partial charge >= 0.3 is 0 Å². The Kier molecular flexibility index (Phi) is 5.21. The summed E-state index contributed by atoms with van der Waals surface area (Å²) in [6.45, 7) is 3.06. The van der Waals surface area contributed by atoms with Gasteiger partial charge < -0.3 is 10.6 Å². The molecule has 0 bridgehead atoms. The van der Waals surface area contributed by atoms with Crippen molar-refractivity contribution in [2.75, 3.05) is 18.5 Å². The molecule has 1 atom stereocenters. The van der Waals surface area contributed by atoms with Crippen LogP contribution in [-0.4, -0.2) is 13.6 Å². The van der Waals surface area contributed by atoms with E-state index in [0.717, 1.165) is 17.4 Å². The molecule has 0 aliphatic carbocycles. The number of rotatable bonds is 5. The standard InChI is InChI=1S/C17H21BrN2/c1-13-5-3-8-16(11-13)20(2)10-9-17(19)14-6-4-7-15(18)12-14/h3-8,11-12,17H,9-10,19H2,1-2H3. The first-order valence-electron chi connectivity index (χ1n) is 6.85. The van der Waals surface area contributed by atoms with Gasteiger partial charge in [-0.3, -0.25) is 0 Å². The van der Waals surface area contributed by atoms with E-state index in [-0.39, 0.29) is 6.04 Å². The monoisotopic (exact) mass is 332 g/mol. The molecule has 0 spiro atoms. The maximum Gasteiger partial charge on any atom is 0.0366 e. The highest BCUT2D eigenvalue weighted by Gasteiger charge is 2.08. The molecule has 20 heavy (non-hydrogen) atoms. The van der Waals surface area contributed by atoms with E-state index in [2.05, 4.69) is 71.2 Å². The van der Waals surface area contributed by atoms with Gasteiger partial charge in [0.1, 0.15) is 0 Å². The second kappa shape index (κ2) is 6.91. The lowest BCUT2D eigenvalue weighted by molar-refractivity contribution is 0.645. The third-order valence-electron chi connectivity index (χ3n) is 3.49. The zero-order chi connectivity index (χ0) is 14.5. The van der Waals surface area contributed by atoms with E-state index in [1.807, 2.05) is 12.1 Å². The second-order valence-corrected chi connectivity index (χ2v) is 6.13. The lowest BCUT2D eigenvalue weighted by Crippen LogP contribution is -2.23. The molecule has 0 heterocycles. The summed E-state index contributed by atoms with van der Waals surface area (Å²) in [5.41, 5.74) is 9.98. The van der Waals surface area contributed by atoms with Crippen LogP contribution >= 0.6 is 15.9 Å². The summed E-state index contributed by atoms with van der Waals surface area (Å²) in [6.07, 6.45) is 0.931. The summed E-state index contributed by atoms with van der Waals surface area (Å²) < 4.78 is 1.08. The number of aryl methyl sites for hydroxylation is 1. The zero-order valence-electron chi connectivity index (χ0n) is 12.0. The van der Waals surface area contributed by atoms with Crippen LogP contribution < -0.4 is 10.6 Å². The van der Waals surface area contributed by atoms with Crippen LogP contribution in [0.25, 0.3) is 0 Å². The molecule has 2 N–H and O–H groups in total. The molecule has 106 valence electrons. The predicted molar refractivity (Wildman–Crippen MR) is 90.1 cm³/mol. The number of hydrogen-bond donors (Lipinski definition) is 1. The third-order valence-corrected chi connectivity index (χ3v) is 3.99. The zero-order valence-corrected chi connectivity index (χ0v) is 13.6. The van der Waals surface area contributed by atoms with Crippen molar-refractivity contribution in [2.45, 2.75) is 19.4 Å². The van der Waals surface area contributed by atoms with Gasteiger partial charge in [-0.2, -0.15) is 0 Å². The molecule has 2 aromatic carbocycles. The number of anilines is 1. The lowest BCUT2D eigenvalue weighted by atomic mass is 10.0. The van der Waals surface area contributed by atoms with Gasteiger partial charge in [0, 0.05) is 29.8 Å². The van der Waals surface area contributed by atoms with Crippen LogP contribution in [-0.2, 0) is 0 Å². The van der Waals surface area contributed by atoms with E-state index < -0.39 is 0 Å². The van der Waals surface area contributed by atoms with E-state index in [9.17, 15) is 0 Å². The van der Waals surface area contributed by atoms with Crippen LogP contribution in [0.15, 0.2) is 53.0 Å². The van der Waals surface area contributed by atoms with Crippen LogP contribution in [0, 0.1) is 6.92 Å². The van der Waals surface area contributed by atoms with E-state index in [0.29, 0.717) is 0 Å². The van der Waals surface area contributed by atoms with Gasteiger partial charge in [0.05, 0.1) is 0 Å². The average Bonchev–Trinajstić information content (AvgIpc) is 2.44. The fourth-order valence-corrected chi connectivity index (χ4v) is 2.65. The van der Waals surface area contributed by atoms with Crippen molar-refractivity contribution in [3.8, 4) is 0 Å². The molecule has 2 rings (SSSR count). The van der Waals surface area contributed by atoms with Gasteiger partial charge in [-0.25, -0.2) is 0 Å². The summed E-state index contributed by atoms with van der Waals surface area (Å²) in [6, 6.07) is 16.8. The molecule has 0 aliphatic heterocycles. The first-order chi connectivity index (χ1) is 9.56. The van der Waals surface area contributed by atoms with Gasteiger partial charge in [-0.15, -0.1) is 0 Å². The summed E-state index contributed by atoms with van der Waals surface area (Å²) in [4.78, 5) is 2.25. The number of nitrogens with zero attached hydrogens (tertiary/aromatic N) is 1. The normalized spacial score (nSPS) is 12.2. The third kappa shape index (κ3) is 4.09. The molecule has 2 nitrogen and oxygen atoms in total. The number of halogens is 1. The number of hydrogen-bond acceptors (Lipinski definition) is 2. The molecule has 0 saturated carbocycles. The predicted octanol–water partition coefficient (Wildman–Crippen LogP) is 4.28. The Morgan fingerprint density at radius 3 is 2.60 bits per heavy atom. The van der Waals surface area contributed by atoms with Crippen molar-refractivity contribution in [2.24, 2.45) is 5.73 Å². The van der Waals surface area contributed by atoms with E-state index in [4.69, 9.17) is 5.73 Å². The van der Waals surface area contributed by atoms with Crippen LogP contribution in [0.5, 0.6) is 0 Å². The van der Waals surface area contributed by atoms with Crippen molar-refractivity contribution in [1.82, 2.24) is 0 Å². The molecule has 3 heteroatoms. The number of nitrogens with two attached hydrogens (primary N) is 1. The summed E-state index contributed by atoms with van der Waals surface area (Å²) in [5.74, 6) is 0. The molecule has 0 saturated heterocycles. The molecule has 0 aromatic heterocycles. The Balaban J connectivity index is 1.94. The smallest absolute Gasteiger partial charge is 0.0366 e. The Bertz CT molecular complexity index is 517. The molecule has 0 amide bonds. The topological polar surface area (TPSA) is 29.3 Å². The molecular formula is C17H21BrN2. The van der Waals surface area contributed by atoms with Gasteiger partial charge in [-0.1, -0.05) is 40.2 Å². The molecule has 0 radical (unpaired) electrons. The molecule has 0 fully saturated rings. The van der Waals surface area contributed by atoms with Crippen LogP contribution in [0.1, 0.15) is 23.6 Å². The SMILES string of the molecule is Cc1cccc(N(C)CCC(N)c2cccc(Br)c2)c1. The molecule has 0 aliphatic rings. The van der Waals surface area contributed by atoms with E-state index in [1.54, 1.807) is 0 Å². The molecule has 1 unspecified atom stereocenters. The fraction of sp³-hybridized carbons (Fsp3) is 0.294.